The van der Waals surface area contributed by atoms with Crippen molar-refractivity contribution in [3.63, 3.8) is 0 Å². The lowest BCUT2D eigenvalue weighted by Gasteiger charge is -2.21. The van der Waals surface area contributed by atoms with Gasteiger partial charge in [0, 0.05) is 18.6 Å². The summed E-state index contributed by atoms with van der Waals surface area (Å²) in [6.45, 7) is 15.3. The number of rotatable bonds is 6. The second-order valence-corrected chi connectivity index (χ2v) is 6.18. The Labute approximate surface area is 102 Å². The highest BCUT2D eigenvalue weighted by molar-refractivity contribution is 4.80. The van der Waals surface area contributed by atoms with Crippen molar-refractivity contribution >= 4 is 0 Å². The Kier molecular flexibility index (Phi) is 5.77. The van der Waals surface area contributed by atoms with Crippen LogP contribution in [0.4, 0.5) is 0 Å². The Morgan fingerprint density at radius 3 is 2.38 bits per heavy atom. The van der Waals surface area contributed by atoms with Gasteiger partial charge in [0.25, 0.3) is 0 Å². The van der Waals surface area contributed by atoms with E-state index in [-0.39, 0.29) is 0 Å². The summed E-state index contributed by atoms with van der Waals surface area (Å²) in [7, 11) is 0. The highest BCUT2D eigenvalue weighted by Crippen LogP contribution is 2.18. The van der Waals surface area contributed by atoms with Crippen molar-refractivity contribution in [3.05, 3.63) is 0 Å². The van der Waals surface area contributed by atoms with Crippen molar-refractivity contribution < 1.29 is 0 Å². The van der Waals surface area contributed by atoms with Gasteiger partial charge in [-0.15, -0.1) is 0 Å². The second-order valence-electron chi connectivity index (χ2n) is 6.18. The second kappa shape index (κ2) is 6.61. The molecule has 1 aliphatic rings. The van der Waals surface area contributed by atoms with Crippen molar-refractivity contribution in [2.75, 3.05) is 19.6 Å². The molecule has 1 fully saturated rings. The van der Waals surface area contributed by atoms with E-state index in [0.29, 0.717) is 6.04 Å². The van der Waals surface area contributed by atoms with Crippen LogP contribution in [0.1, 0.15) is 47.5 Å². The van der Waals surface area contributed by atoms with E-state index in [0.717, 1.165) is 17.9 Å². The van der Waals surface area contributed by atoms with Gasteiger partial charge >= 0.3 is 0 Å². The Balaban J connectivity index is 2.15. The third-order valence-electron chi connectivity index (χ3n) is 3.63. The Bertz CT molecular complexity index is 189. The minimum atomic E-state index is 0.674. The maximum atomic E-state index is 3.69. The summed E-state index contributed by atoms with van der Waals surface area (Å²) in [5, 5.41) is 3.69. The molecule has 0 aromatic heterocycles. The lowest BCUT2D eigenvalue weighted by molar-refractivity contribution is 0.262. The number of nitrogens with one attached hydrogen (secondary N) is 1. The van der Waals surface area contributed by atoms with E-state index in [1.807, 2.05) is 0 Å². The van der Waals surface area contributed by atoms with Crippen LogP contribution in [0.15, 0.2) is 0 Å². The summed E-state index contributed by atoms with van der Waals surface area (Å²) < 4.78 is 0. The van der Waals surface area contributed by atoms with Crippen molar-refractivity contribution in [2.24, 2.45) is 11.8 Å². The number of hydrogen-bond donors (Lipinski definition) is 1. The zero-order valence-electron chi connectivity index (χ0n) is 11.8. The molecule has 0 amide bonds. The SMILES string of the molecule is CC(C)CC(C)NCC1CCN(C(C)C)C1. The number of likely N-dealkylation sites (tertiary alicyclic amines) is 1. The summed E-state index contributed by atoms with van der Waals surface area (Å²) in [4.78, 5) is 2.60. The monoisotopic (exact) mass is 226 g/mol. The van der Waals surface area contributed by atoms with Crippen molar-refractivity contribution in [2.45, 2.75) is 59.5 Å². The molecule has 0 saturated carbocycles. The third-order valence-corrected chi connectivity index (χ3v) is 3.63. The normalized spacial score (nSPS) is 24.6. The first kappa shape index (κ1) is 14.0. The third kappa shape index (κ3) is 4.84. The summed E-state index contributed by atoms with van der Waals surface area (Å²) in [5.41, 5.74) is 0. The molecule has 0 spiro atoms. The summed E-state index contributed by atoms with van der Waals surface area (Å²) >= 11 is 0. The van der Waals surface area contributed by atoms with E-state index in [9.17, 15) is 0 Å². The fraction of sp³-hybridized carbons (Fsp3) is 1.00. The topological polar surface area (TPSA) is 15.3 Å². The fourth-order valence-electron chi connectivity index (χ4n) is 2.66. The molecule has 1 N–H and O–H groups in total. The molecule has 0 radical (unpaired) electrons. The molecule has 0 bridgehead atoms. The first-order valence-electron chi connectivity index (χ1n) is 6.96. The van der Waals surface area contributed by atoms with Gasteiger partial charge in [-0.05, 0) is 58.5 Å². The smallest absolute Gasteiger partial charge is 0.00412 e. The van der Waals surface area contributed by atoms with Gasteiger partial charge in [0.2, 0.25) is 0 Å². The molecule has 2 unspecified atom stereocenters. The van der Waals surface area contributed by atoms with Crippen LogP contribution >= 0.6 is 0 Å². The van der Waals surface area contributed by atoms with Crippen LogP contribution in [0.25, 0.3) is 0 Å². The molecule has 96 valence electrons. The van der Waals surface area contributed by atoms with Crippen molar-refractivity contribution in [1.82, 2.24) is 10.2 Å². The van der Waals surface area contributed by atoms with Crippen LogP contribution in [0.2, 0.25) is 0 Å². The largest absolute Gasteiger partial charge is 0.314 e. The Morgan fingerprint density at radius 1 is 1.19 bits per heavy atom. The Morgan fingerprint density at radius 2 is 1.88 bits per heavy atom. The zero-order chi connectivity index (χ0) is 12.1. The standard InChI is InChI=1S/C14H30N2/c1-11(2)8-13(5)15-9-14-6-7-16(10-14)12(3)4/h11-15H,6-10H2,1-5H3. The highest BCUT2D eigenvalue weighted by Gasteiger charge is 2.24. The molecule has 0 aromatic rings. The van der Waals surface area contributed by atoms with E-state index in [4.69, 9.17) is 0 Å². The first-order valence-corrected chi connectivity index (χ1v) is 6.96. The van der Waals surface area contributed by atoms with Crippen LogP contribution in [-0.4, -0.2) is 36.6 Å². The maximum absolute atomic E-state index is 3.69. The molecule has 1 saturated heterocycles. The van der Waals surface area contributed by atoms with Gasteiger partial charge in [0.05, 0.1) is 0 Å². The number of nitrogens with zero attached hydrogens (tertiary/aromatic N) is 1. The van der Waals surface area contributed by atoms with Crippen LogP contribution in [-0.2, 0) is 0 Å². The molecule has 1 rings (SSSR count). The summed E-state index contributed by atoms with van der Waals surface area (Å²) in [6.07, 6.45) is 2.67. The molecule has 0 aliphatic carbocycles. The summed E-state index contributed by atoms with van der Waals surface area (Å²) in [5.74, 6) is 1.68. The van der Waals surface area contributed by atoms with Gasteiger partial charge in [-0.25, -0.2) is 0 Å². The van der Waals surface area contributed by atoms with Crippen LogP contribution < -0.4 is 5.32 Å². The quantitative estimate of drug-likeness (QED) is 0.749. The van der Waals surface area contributed by atoms with Crippen LogP contribution in [0, 0.1) is 11.8 Å². The minimum absolute atomic E-state index is 0.674. The van der Waals surface area contributed by atoms with Gasteiger partial charge in [-0.2, -0.15) is 0 Å². The summed E-state index contributed by atoms with van der Waals surface area (Å²) in [6, 6.07) is 1.39. The molecule has 1 aliphatic heterocycles. The predicted octanol–water partition coefficient (Wildman–Crippen LogP) is 2.74. The van der Waals surface area contributed by atoms with Gasteiger partial charge in [0.15, 0.2) is 0 Å². The van der Waals surface area contributed by atoms with Crippen LogP contribution in [0.5, 0.6) is 0 Å². The molecule has 2 nitrogen and oxygen atoms in total. The first-order chi connectivity index (χ1) is 7.49. The predicted molar refractivity (Wildman–Crippen MR) is 71.7 cm³/mol. The van der Waals surface area contributed by atoms with Crippen molar-refractivity contribution in [3.8, 4) is 0 Å². The van der Waals surface area contributed by atoms with Gasteiger partial charge in [0.1, 0.15) is 0 Å². The highest BCUT2D eigenvalue weighted by atomic mass is 15.2. The molecule has 2 atom stereocenters. The van der Waals surface area contributed by atoms with Gasteiger partial charge in [-0.3, -0.25) is 0 Å². The minimum Gasteiger partial charge on any atom is -0.314 e. The lowest BCUT2D eigenvalue weighted by atomic mass is 10.0. The van der Waals surface area contributed by atoms with E-state index in [1.165, 1.54) is 32.5 Å². The molecule has 1 heterocycles. The fourth-order valence-corrected chi connectivity index (χ4v) is 2.66. The molecule has 2 heteroatoms. The average Bonchev–Trinajstić information content (AvgIpc) is 2.61. The van der Waals surface area contributed by atoms with E-state index < -0.39 is 0 Å². The van der Waals surface area contributed by atoms with Crippen molar-refractivity contribution in [1.29, 1.82) is 0 Å². The average molecular weight is 226 g/mol. The van der Waals surface area contributed by atoms with Crippen LogP contribution in [0.3, 0.4) is 0 Å². The molecule has 0 aromatic carbocycles. The zero-order valence-corrected chi connectivity index (χ0v) is 11.8. The van der Waals surface area contributed by atoms with E-state index in [1.54, 1.807) is 0 Å². The molecular weight excluding hydrogens is 196 g/mol. The van der Waals surface area contributed by atoms with Gasteiger partial charge in [-0.1, -0.05) is 13.8 Å². The van der Waals surface area contributed by atoms with E-state index >= 15 is 0 Å². The maximum Gasteiger partial charge on any atom is 0.00412 e. The molecule has 16 heavy (non-hydrogen) atoms. The van der Waals surface area contributed by atoms with E-state index in [2.05, 4.69) is 44.8 Å². The lowest BCUT2D eigenvalue weighted by Crippen LogP contribution is -2.34. The number of hydrogen-bond acceptors (Lipinski definition) is 2. The molecular formula is C14H30N2. The Hall–Kier alpha value is -0.0800. The van der Waals surface area contributed by atoms with Gasteiger partial charge < -0.3 is 10.2 Å².